The molecule has 0 spiro atoms. The molecule has 0 atom stereocenters. The van der Waals surface area contributed by atoms with Crippen molar-refractivity contribution in [2.24, 2.45) is 0 Å². The zero-order chi connectivity index (χ0) is 18.7. The summed E-state index contributed by atoms with van der Waals surface area (Å²) >= 11 is 6.39. The molecule has 0 bridgehead atoms. The predicted octanol–water partition coefficient (Wildman–Crippen LogP) is 4.58. The van der Waals surface area contributed by atoms with E-state index in [0.29, 0.717) is 11.6 Å². The van der Waals surface area contributed by atoms with Crippen LogP contribution in [0, 0.1) is 13.8 Å². The van der Waals surface area contributed by atoms with E-state index in [9.17, 15) is 4.79 Å². The van der Waals surface area contributed by atoms with Crippen LogP contribution in [-0.4, -0.2) is 29.4 Å². The number of nitrogens with zero attached hydrogens (tertiary/aromatic N) is 2. The molecule has 1 N–H and O–H groups in total. The highest BCUT2D eigenvalue weighted by molar-refractivity contribution is 6.32. The first kappa shape index (κ1) is 18.4. The molecule has 0 fully saturated rings. The van der Waals surface area contributed by atoms with Gasteiger partial charge < -0.3 is 5.32 Å². The van der Waals surface area contributed by atoms with Crippen LogP contribution in [0.3, 0.4) is 0 Å². The molecule has 3 aromatic rings. The number of pyridine rings is 1. The fraction of sp³-hybridized carbons (Fsp3) is 0.238. The van der Waals surface area contributed by atoms with E-state index < -0.39 is 0 Å². The highest BCUT2D eigenvalue weighted by atomic mass is 35.5. The molecular formula is C21H22ClN3O. The van der Waals surface area contributed by atoms with Crippen molar-refractivity contribution in [2.45, 2.75) is 20.4 Å². The van der Waals surface area contributed by atoms with Crippen molar-refractivity contribution >= 4 is 34.1 Å². The van der Waals surface area contributed by atoms with E-state index in [4.69, 9.17) is 11.6 Å². The standard InChI is InChI=1S/C21H22ClN3O/c1-14-6-4-7-15(2)20(14)24-19(26)13-25(3)12-17-18(22)10-9-16-8-5-11-23-21(16)17/h4-11H,12-13H2,1-3H3,(H,24,26). The van der Waals surface area contributed by atoms with Crippen molar-refractivity contribution in [3.05, 3.63) is 70.4 Å². The summed E-state index contributed by atoms with van der Waals surface area (Å²) in [5.74, 6) is -0.0470. The lowest BCUT2D eigenvalue weighted by Crippen LogP contribution is -2.30. The number of aryl methyl sites for hydroxylation is 2. The Morgan fingerprint density at radius 3 is 2.58 bits per heavy atom. The molecule has 0 radical (unpaired) electrons. The van der Waals surface area contributed by atoms with Gasteiger partial charge in [0.2, 0.25) is 5.91 Å². The predicted molar refractivity (Wildman–Crippen MR) is 108 cm³/mol. The van der Waals surface area contributed by atoms with E-state index >= 15 is 0 Å². The van der Waals surface area contributed by atoms with Crippen LogP contribution < -0.4 is 5.32 Å². The molecule has 3 rings (SSSR count). The van der Waals surface area contributed by atoms with Crippen LogP contribution in [0.25, 0.3) is 10.9 Å². The molecular weight excluding hydrogens is 346 g/mol. The maximum Gasteiger partial charge on any atom is 0.238 e. The first-order chi connectivity index (χ1) is 12.5. The largest absolute Gasteiger partial charge is 0.324 e. The SMILES string of the molecule is Cc1cccc(C)c1NC(=O)CN(C)Cc1c(Cl)ccc2cccnc12. The molecule has 0 aliphatic carbocycles. The zero-order valence-electron chi connectivity index (χ0n) is 15.2. The molecule has 0 aliphatic rings. The molecule has 1 aromatic heterocycles. The third-order valence-electron chi connectivity index (χ3n) is 4.41. The van der Waals surface area contributed by atoms with Gasteiger partial charge in [-0.15, -0.1) is 0 Å². The molecule has 134 valence electrons. The van der Waals surface area contributed by atoms with Gasteiger partial charge >= 0.3 is 0 Å². The third-order valence-corrected chi connectivity index (χ3v) is 4.76. The van der Waals surface area contributed by atoms with Gasteiger partial charge in [0.15, 0.2) is 0 Å². The van der Waals surface area contributed by atoms with E-state index in [1.54, 1.807) is 6.20 Å². The van der Waals surface area contributed by atoms with Crippen LogP contribution in [0.15, 0.2) is 48.7 Å². The summed E-state index contributed by atoms with van der Waals surface area (Å²) < 4.78 is 0. The van der Waals surface area contributed by atoms with Crippen LogP contribution in [-0.2, 0) is 11.3 Å². The first-order valence-electron chi connectivity index (χ1n) is 8.52. The van der Waals surface area contributed by atoms with Crippen LogP contribution in [0.5, 0.6) is 0 Å². The van der Waals surface area contributed by atoms with Crippen molar-refractivity contribution in [2.75, 3.05) is 18.9 Å². The topological polar surface area (TPSA) is 45.2 Å². The Balaban J connectivity index is 1.72. The van der Waals surface area contributed by atoms with Gasteiger partial charge in [0.25, 0.3) is 0 Å². The summed E-state index contributed by atoms with van der Waals surface area (Å²) in [5.41, 5.74) is 4.81. The average Bonchev–Trinajstić information content (AvgIpc) is 2.61. The smallest absolute Gasteiger partial charge is 0.238 e. The summed E-state index contributed by atoms with van der Waals surface area (Å²) in [4.78, 5) is 18.9. The Morgan fingerprint density at radius 2 is 1.85 bits per heavy atom. The number of hydrogen-bond acceptors (Lipinski definition) is 3. The quantitative estimate of drug-likeness (QED) is 0.718. The van der Waals surface area contributed by atoms with Crippen LogP contribution in [0.2, 0.25) is 5.02 Å². The number of halogens is 1. The molecule has 1 amide bonds. The van der Waals surface area contributed by atoms with Gasteiger partial charge in [-0.25, -0.2) is 0 Å². The number of likely N-dealkylation sites (N-methyl/N-ethyl adjacent to an activating group) is 1. The number of carbonyl (C=O) groups is 1. The first-order valence-corrected chi connectivity index (χ1v) is 8.90. The summed E-state index contributed by atoms with van der Waals surface area (Å²) in [7, 11) is 1.91. The number of carbonyl (C=O) groups excluding carboxylic acids is 1. The second kappa shape index (κ2) is 7.85. The third kappa shape index (κ3) is 4.03. The lowest BCUT2D eigenvalue weighted by molar-refractivity contribution is -0.117. The molecule has 1 heterocycles. The Kier molecular flexibility index (Phi) is 5.55. The normalized spacial score (nSPS) is 11.1. The van der Waals surface area contributed by atoms with Crippen LogP contribution in [0.1, 0.15) is 16.7 Å². The Bertz CT molecular complexity index is 935. The maximum absolute atomic E-state index is 12.5. The van der Waals surface area contributed by atoms with Crippen LogP contribution in [0.4, 0.5) is 5.69 Å². The number of fused-ring (bicyclic) bond motifs is 1. The molecule has 2 aromatic carbocycles. The second-order valence-electron chi connectivity index (χ2n) is 6.59. The van der Waals surface area contributed by atoms with E-state index in [0.717, 1.165) is 33.3 Å². The summed E-state index contributed by atoms with van der Waals surface area (Å²) in [5, 5.41) is 4.72. The molecule has 0 unspecified atom stereocenters. The second-order valence-corrected chi connectivity index (χ2v) is 7.00. The molecule has 26 heavy (non-hydrogen) atoms. The minimum absolute atomic E-state index is 0.0470. The summed E-state index contributed by atoms with van der Waals surface area (Å²) in [6.07, 6.45) is 1.76. The number of rotatable bonds is 5. The Morgan fingerprint density at radius 1 is 1.12 bits per heavy atom. The number of para-hydroxylation sites is 1. The molecule has 4 nitrogen and oxygen atoms in total. The van der Waals surface area contributed by atoms with E-state index in [-0.39, 0.29) is 12.5 Å². The summed E-state index contributed by atoms with van der Waals surface area (Å²) in [6, 6.07) is 13.7. The molecule has 0 saturated heterocycles. The van der Waals surface area contributed by atoms with Gasteiger partial charge in [0.1, 0.15) is 0 Å². The number of anilines is 1. The number of amides is 1. The Hall–Kier alpha value is -2.43. The molecule has 5 heteroatoms. The van der Waals surface area contributed by atoms with Crippen LogP contribution >= 0.6 is 11.6 Å². The fourth-order valence-corrected chi connectivity index (χ4v) is 3.31. The van der Waals surface area contributed by atoms with Crippen molar-refractivity contribution in [3.8, 4) is 0 Å². The van der Waals surface area contributed by atoms with Gasteiger partial charge in [-0.2, -0.15) is 0 Å². The van der Waals surface area contributed by atoms with Crippen molar-refractivity contribution in [1.82, 2.24) is 9.88 Å². The lowest BCUT2D eigenvalue weighted by atomic mass is 10.1. The van der Waals surface area contributed by atoms with Crippen molar-refractivity contribution < 1.29 is 4.79 Å². The van der Waals surface area contributed by atoms with Crippen molar-refractivity contribution in [3.63, 3.8) is 0 Å². The average molecular weight is 368 g/mol. The summed E-state index contributed by atoms with van der Waals surface area (Å²) in [6.45, 7) is 4.81. The van der Waals surface area contributed by atoms with Gasteiger partial charge in [0, 0.05) is 34.4 Å². The minimum Gasteiger partial charge on any atom is -0.324 e. The zero-order valence-corrected chi connectivity index (χ0v) is 16.0. The highest BCUT2D eigenvalue weighted by Gasteiger charge is 2.14. The molecule has 0 aliphatic heterocycles. The number of nitrogens with one attached hydrogen (secondary N) is 1. The van der Waals surface area contributed by atoms with Gasteiger partial charge in [-0.3, -0.25) is 14.7 Å². The van der Waals surface area contributed by atoms with E-state index in [1.807, 2.05) is 68.3 Å². The number of hydrogen-bond donors (Lipinski definition) is 1. The van der Waals surface area contributed by atoms with Gasteiger partial charge in [-0.1, -0.05) is 41.9 Å². The minimum atomic E-state index is -0.0470. The van der Waals surface area contributed by atoms with Gasteiger partial charge in [-0.05, 0) is 44.2 Å². The van der Waals surface area contributed by atoms with E-state index in [2.05, 4.69) is 10.3 Å². The maximum atomic E-state index is 12.5. The van der Waals surface area contributed by atoms with E-state index in [1.165, 1.54) is 0 Å². The fourth-order valence-electron chi connectivity index (χ4n) is 3.09. The number of aromatic nitrogens is 1. The number of benzene rings is 2. The van der Waals surface area contributed by atoms with Gasteiger partial charge in [0.05, 0.1) is 12.1 Å². The Labute approximate surface area is 158 Å². The van der Waals surface area contributed by atoms with Crippen molar-refractivity contribution in [1.29, 1.82) is 0 Å². The monoisotopic (exact) mass is 367 g/mol. The highest BCUT2D eigenvalue weighted by Crippen LogP contribution is 2.25. The lowest BCUT2D eigenvalue weighted by Gasteiger charge is -2.19. The molecule has 0 saturated carbocycles.